The molecule has 1 fully saturated rings. The molecule has 0 bridgehead atoms. The second-order valence-electron chi connectivity index (χ2n) is 6.68. The Hall–Kier alpha value is -1.22. The molecule has 1 aliphatic heterocycles. The Morgan fingerprint density at radius 2 is 1.29 bits per heavy atom. The van der Waals surface area contributed by atoms with Crippen LogP contribution < -0.4 is 4.18 Å². The van der Waals surface area contributed by atoms with E-state index in [-0.39, 0.29) is 17.0 Å². The third-order valence-electron chi connectivity index (χ3n) is 4.41. The van der Waals surface area contributed by atoms with Gasteiger partial charge in [-0.1, -0.05) is 18.6 Å². The Morgan fingerprint density at radius 1 is 0.806 bits per heavy atom. The Kier molecular flexibility index (Phi) is 8.37. The maximum Gasteiger partial charge on any atom is 0.460 e. The van der Waals surface area contributed by atoms with E-state index in [9.17, 15) is 47.9 Å². The topological polar surface area (TPSA) is 46.6 Å². The normalized spacial score (nSPS) is 17.2. The highest BCUT2D eigenvalue weighted by atomic mass is 79.9. The maximum absolute atomic E-state index is 13.6. The standard InChI is InChI=1S/C16H16F9NO3S.BrH/c17-13(18,15(21,22)23)14(19,20)16(24,25)30(27,28)29-12-6-4-11(5-7-12)10-26-8-2-1-3-9-26;/h4-7H,1-3,8-10H2;1H. The molecule has 0 aliphatic carbocycles. The molecule has 0 saturated carbocycles. The molecule has 0 atom stereocenters. The van der Waals surface area contributed by atoms with Crippen LogP contribution in [-0.2, 0) is 16.7 Å². The summed E-state index contributed by atoms with van der Waals surface area (Å²) in [5.41, 5.74) is 0.586. The first-order valence-corrected chi connectivity index (χ1v) is 9.89. The van der Waals surface area contributed by atoms with Crippen molar-refractivity contribution in [3.05, 3.63) is 29.8 Å². The summed E-state index contributed by atoms with van der Waals surface area (Å²) >= 11 is 0. The first-order valence-electron chi connectivity index (χ1n) is 8.48. The van der Waals surface area contributed by atoms with Crippen LogP contribution in [0.2, 0.25) is 0 Å². The number of hydrogen-bond acceptors (Lipinski definition) is 4. The highest BCUT2D eigenvalue weighted by Crippen LogP contribution is 2.54. The van der Waals surface area contributed by atoms with Gasteiger partial charge in [-0.3, -0.25) is 4.90 Å². The lowest BCUT2D eigenvalue weighted by atomic mass is 10.1. The fourth-order valence-electron chi connectivity index (χ4n) is 2.72. The zero-order valence-electron chi connectivity index (χ0n) is 15.4. The summed E-state index contributed by atoms with van der Waals surface area (Å²) in [6, 6.07) is 4.04. The van der Waals surface area contributed by atoms with Gasteiger partial charge in [-0.15, -0.1) is 17.0 Å². The molecule has 15 heteroatoms. The number of nitrogens with zero attached hydrogens (tertiary/aromatic N) is 1. The summed E-state index contributed by atoms with van der Waals surface area (Å²) < 4.78 is 143. The quantitative estimate of drug-likeness (QED) is 0.336. The van der Waals surface area contributed by atoms with E-state index < -0.39 is 39.1 Å². The van der Waals surface area contributed by atoms with Crippen LogP contribution in [0.4, 0.5) is 39.5 Å². The molecule has 0 amide bonds. The van der Waals surface area contributed by atoms with Crippen molar-refractivity contribution >= 4 is 27.1 Å². The molecular weight excluding hydrogens is 537 g/mol. The van der Waals surface area contributed by atoms with Gasteiger partial charge in [-0.25, -0.2) is 0 Å². The Morgan fingerprint density at radius 3 is 1.74 bits per heavy atom. The minimum absolute atomic E-state index is 0. The molecule has 1 saturated heterocycles. The minimum atomic E-state index is -7.34. The van der Waals surface area contributed by atoms with Crippen LogP contribution in [0, 0.1) is 0 Å². The van der Waals surface area contributed by atoms with E-state index in [1.165, 1.54) is 12.1 Å². The maximum atomic E-state index is 13.6. The lowest BCUT2D eigenvalue weighted by Gasteiger charge is -2.32. The van der Waals surface area contributed by atoms with Crippen molar-refractivity contribution in [3.63, 3.8) is 0 Å². The molecule has 2 rings (SSSR count). The summed E-state index contributed by atoms with van der Waals surface area (Å²) in [6.45, 7) is 2.00. The molecule has 0 spiro atoms. The lowest BCUT2D eigenvalue weighted by molar-refractivity contribution is -0.382. The molecule has 1 aromatic rings. The molecule has 1 aliphatic rings. The van der Waals surface area contributed by atoms with Gasteiger partial charge in [0.05, 0.1) is 0 Å². The molecular formula is C16H17BrF9NO3S. The summed E-state index contributed by atoms with van der Waals surface area (Å²) in [5, 5.41) is -6.88. The van der Waals surface area contributed by atoms with E-state index in [1.54, 1.807) is 0 Å². The first kappa shape index (κ1) is 27.8. The summed E-state index contributed by atoms with van der Waals surface area (Å²) in [4.78, 5) is 2.05. The van der Waals surface area contributed by atoms with Gasteiger partial charge in [0.1, 0.15) is 5.75 Å². The van der Waals surface area contributed by atoms with Crippen LogP contribution in [-0.4, -0.2) is 49.7 Å². The SMILES string of the molecule is Br.O=S(=O)(Oc1ccc(CN2CCCCC2)cc1)C(F)(F)C(F)(F)C(F)(F)C(F)(F)F. The van der Waals surface area contributed by atoms with Crippen molar-refractivity contribution in [2.75, 3.05) is 13.1 Å². The van der Waals surface area contributed by atoms with Gasteiger partial charge in [0, 0.05) is 6.54 Å². The molecule has 1 heterocycles. The average molecular weight is 554 g/mol. The van der Waals surface area contributed by atoms with Crippen LogP contribution in [0.3, 0.4) is 0 Å². The predicted molar refractivity (Wildman–Crippen MR) is 96.3 cm³/mol. The van der Waals surface area contributed by atoms with Crippen molar-refractivity contribution in [2.24, 2.45) is 0 Å². The average Bonchev–Trinajstić information content (AvgIpc) is 2.62. The van der Waals surface area contributed by atoms with Crippen LogP contribution in [0.15, 0.2) is 24.3 Å². The zero-order chi connectivity index (χ0) is 23.0. The van der Waals surface area contributed by atoms with E-state index in [0.717, 1.165) is 44.5 Å². The Balaban J connectivity index is 0.00000480. The van der Waals surface area contributed by atoms with Gasteiger partial charge in [-0.2, -0.15) is 47.9 Å². The van der Waals surface area contributed by atoms with E-state index in [1.807, 2.05) is 4.90 Å². The van der Waals surface area contributed by atoms with Crippen molar-refractivity contribution in [1.82, 2.24) is 4.90 Å². The van der Waals surface area contributed by atoms with E-state index >= 15 is 0 Å². The smallest absolute Gasteiger partial charge is 0.378 e. The van der Waals surface area contributed by atoms with Crippen LogP contribution in [0.25, 0.3) is 0 Å². The highest BCUT2D eigenvalue weighted by Gasteiger charge is 2.86. The van der Waals surface area contributed by atoms with Crippen molar-refractivity contribution in [2.45, 2.75) is 49.1 Å². The van der Waals surface area contributed by atoms with Crippen LogP contribution in [0.1, 0.15) is 24.8 Å². The highest BCUT2D eigenvalue weighted by molar-refractivity contribution is 8.93. The van der Waals surface area contributed by atoms with Crippen molar-refractivity contribution in [1.29, 1.82) is 0 Å². The van der Waals surface area contributed by atoms with Gasteiger partial charge in [0.25, 0.3) is 0 Å². The number of alkyl halides is 9. The Bertz CT molecular complexity index is 839. The predicted octanol–water partition coefficient (Wildman–Crippen LogP) is 5.38. The van der Waals surface area contributed by atoms with Crippen LogP contribution in [0.5, 0.6) is 5.75 Å². The van der Waals surface area contributed by atoms with E-state index in [4.69, 9.17) is 0 Å². The van der Waals surface area contributed by atoms with Crippen molar-refractivity contribution < 1.29 is 52.1 Å². The molecule has 0 N–H and O–H groups in total. The lowest BCUT2D eigenvalue weighted by Crippen LogP contribution is -2.63. The molecule has 4 nitrogen and oxygen atoms in total. The van der Waals surface area contributed by atoms with Gasteiger partial charge in [-0.05, 0) is 43.6 Å². The summed E-state index contributed by atoms with van der Waals surface area (Å²) in [5.74, 6) is -15.6. The number of benzene rings is 1. The number of rotatable bonds is 7. The number of piperidine rings is 1. The monoisotopic (exact) mass is 553 g/mol. The van der Waals surface area contributed by atoms with Crippen molar-refractivity contribution in [3.8, 4) is 5.75 Å². The first-order chi connectivity index (χ1) is 13.5. The minimum Gasteiger partial charge on any atom is -0.378 e. The third-order valence-corrected chi connectivity index (χ3v) is 5.71. The Labute approximate surface area is 182 Å². The molecule has 0 unspecified atom stereocenters. The van der Waals surface area contributed by atoms with Gasteiger partial charge < -0.3 is 4.18 Å². The van der Waals surface area contributed by atoms with Gasteiger partial charge in [0.15, 0.2) is 0 Å². The fourth-order valence-corrected chi connectivity index (χ4v) is 3.63. The number of halogens is 10. The molecule has 0 aromatic heterocycles. The summed E-state index contributed by atoms with van der Waals surface area (Å²) in [6.07, 6.45) is -4.14. The fraction of sp³-hybridized carbons (Fsp3) is 0.625. The van der Waals surface area contributed by atoms with E-state index in [0.29, 0.717) is 12.1 Å². The molecule has 0 radical (unpaired) electrons. The zero-order valence-corrected chi connectivity index (χ0v) is 18.0. The number of hydrogen-bond donors (Lipinski definition) is 0. The largest absolute Gasteiger partial charge is 0.460 e. The van der Waals surface area contributed by atoms with Gasteiger partial charge >= 0.3 is 33.4 Å². The summed E-state index contributed by atoms with van der Waals surface area (Å²) in [7, 11) is -6.93. The van der Waals surface area contributed by atoms with Crippen LogP contribution >= 0.6 is 17.0 Å². The van der Waals surface area contributed by atoms with Gasteiger partial charge in [0.2, 0.25) is 0 Å². The second kappa shape index (κ2) is 9.33. The van der Waals surface area contributed by atoms with E-state index in [2.05, 4.69) is 4.18 Å². The third kappa shape index (κ3) is 5.41. The molecule has 31 heavy (non-hydrogen) atoms. The second-order valence-corrected chi connectivity index (χ2v) is 8.27. The molecule has 180 valence electrons. The number of likely N-dealkylation sites (tertiary alicyclic amines) is 1. The molecule has 1 aromatic carbocycles.